The normalized spacial score (nSPS) is 11.1. The summed E-state index contributed by atoms with van der Waals surface area (Å²) in [5.74, 6) is 0.147. The first-order valence-electron chi connectivity index (χ1n) is 7.61. The molecule has 8 heteroatoms. The van der Waals surface area contributed by atoms with Crippen molar-refractivity contribution in [1.82, 2.24) is 4.98 Å². The number of ether oxygens (including phenoxy) is 1. The van der Waals surface area contributed by atoms with Crippen molar-refractivity contribution in [3.8, 4) is 17.6 Å². The third-order valence-corrected chi connectivity index (χ3v) is 5.34. The quantitative estimate of drug-likeness (QED) is 0.565. The minimum Gasteiger partial charge on any atom is -0.490 e. The smallest absolute Gasteiger partial charge is 0.341 e. The zero-order valence-corrected chi connectivity index (χ0v) is 16.0. The van der Waals surface area contributed by atoms with Crippen LogP contribution < -0.4 is 8.92 Å². The maximum absolute atomic E-state index is 12.9. The standard InChI is InChI=1S/C18H13BrN2O4S/c1-2-24-15-10-12(11-20)9-14(19)18(15)25-26(22,23)16-7-3-5-13-6-4-8-21-17(13)16/h3-10H,2H2,1H3. The van der Waals surface area contributed by atoms with Crippen molar-refractivity contribution >= 4 is 37.0 Å². The molecule has 3 aromatic rings. The van der Waals surface area contributed by atoms with E-state index in [1.165, 1.54) is 24.4 Å². The van der Waals surface area contributed by atoms with Gasteiger partial charge in [0.15, 0.2) is 11.5 Å². The van der Waals surface area contributed by atoms with Gasteiger partial charge in [0.2, 0.25) is 0 Å². The molecule has 0 bridgehead atoms. The molecule has 26 heavy (non-hydrogen) atoms. The molecule has 3 rings (SSSR count). The van der Waals surface area contributed by atoms with Gasteiger partial charge in [-0.1, -0.05) is 18.2 Å². The molecular formula is C18H13BrN2O4S. The summed E-state index contributed by atoms with van der Waals surface area (Å²) in [6.07, 6.45) is 1.52. The fraction of sp³-hybridized carbons (Fsp3) is 0.111. The maximum atomic E-state index is 12.9. The molecule has 0 aliphatic carbocycles. The first-order valence-corrected chi connectivity index (χ1v) is 9.81. The van der Waals surface area contributed by atoms with Gasteiger partial charge in [-0.2, -0.15) is 13.7 Å². The van der Waals surface area contributed by atoms with Crippen LogP contribution in [0, 0.1) is 11.3 Å². The summed E-state index contributed by atoms with van der Waals surface area (Å²) in [4.78, 5) is 4.11. The van der Waals surface area contributed by atoms with Gasteiger partial charge < -0.3 is 8.92 Å². The van der Waals surface area contributed by atoms with E-state index in [9.17, 15) is 8.42 Å². The van der Waals surface area contributed by atoms with Crippen LogP contribution >= 0.6 is 15.9 Å². The Hall–Kier alpha value is -2.63. The molecular weight excluding hydrogens is 420 g/mol. The summed E-state index contributed by atoms with van der Waals surface area (Å²) in [5, 5.41) is 9.76. The highest BCUT2D eigenvalue weighted by molar-refractivity contribution is 9.10. The Balaban J connectivity index is 2.12. The number of benzene rings is 2. The first kappa shape index (κ1) is 18.2. The van der Waals surface area contributed by atoms with Crippen LogP contribution in [0.5, 0.6) is 11.5 Å². The Kier molecular flexibility index (Phi) is 5.11. The fourth-order valence-corrected chi connectivity index (χ4v) is 4.17. The van der Waals surface area contributed by atoms with Gasteiger partial charge in [0.1, 0.15) is 4.90 Å². The third kappa shape index (κ3) is 3.49. The third-order valence-electron chi connectivity index (χ3n) is 3.50. The topological polar surface area (TPSA) is 89.3 Å². The number of rotatable bonds is 5. The van der Waals surface area contributed by atoms with E-state index in [0.717, 1.165) is 0 Å². The highest BCUT2D eigenvalue weighted by Gasteiger charge is 2.24. The van der Waals surface area contributed by atoms with E-state index in [0.29, 0.717) is 20.9 Å². The van der Waals surface area contributed by atoms with Crippen molar-refractivity contribution in [2.75, 3.05) is 6.61 Å². The number of nitriles is 1. The Morgan fingerprint density at radius 1 is 1.23 bits per heavy atom. The summed E-state index contributed by atoms with van der Waals surface area (Å²) in [7, 11) is -4.18. The lowest BCUT2D eigenvalue weighted by molar-refractivity contribution is 0.327. The second-order valence-corrected chi connectivity index (χ2v) is 7.57. The molecule has 0 N–H and O–H groups in total. The number of nitrogens with zero attached hydrogens (tertiary/aromatic N) is 2. The van der Waals surface area contributed by atoms with Crippen LogP contribution in [0.3, 0.4) is 0 Å². The fourth-order valence-electron chi connectivity index (χ4n) is 2.41. The average molecular weight is 433 g/mol. The summed E-state index contributed by atoms with van der Waals surface area (Å²) < 4.78 is 36.9. The van der Waals surface area contributed by atoms with Gasteiger partial charge in [-0.25, -0.2) is 0 Å². The Bertz CT molecular complexity index is 1120. The predicted octanol–water partition coefficient (Wildman–Crippen LogP) is 4.04. The van der Waals surface area contributed by atoms with Crippen molar-refractivity contribution in [3.05, 3.63) is 58.7 Å². The van der Waals surface area contributed by atoms with E-state index >= 15 is 0 Å². The Labute approximate surface area is 159 Å². The minimum absolute atomic E-state index is 0.0150. The molecule has 1 heterocycles. The van der Waals surface area contributed by atoms with Crippen LogP contribution in [-0.4, -0.2) is 20.0 Å². The van der Waals surface area contributed by atoms with Gasteiger partial charge in [0, 0.05) is 17.6 Å². The summed E-state index contributed by atoms with van der Waals surface area (Å²) in [6.45, 7) is 2.04. The summed E-state index contributed by atoms with van der Waals surface area (Å²) in [6, 6.07) is 13.2. The van der Waals surface area contributed by atoms with E-state index < -0.39 is 10.1 Å². The van der Waals surface area contributed by atoms with Crippen molar-refractivity contribution in [3.63, 3.8) is 0 Å². The molecule has 0 radical (unpaired) electrons. The lowest BCUT2D eigenvalue weighted by Crippen LogP contribution is -2.12. The Morgan fingerprint density at radius 3 is 2.73 bits per heavy atom. The maximum Gasteiger partial charge on any atom is 0.341 e. The highest BCUT2D eigenvalue weighted by atomic mass is 79.9. The van der Waals surface area contributed by atoms with Crippen molar-refractivity contribution in [2.45, 2.75) is 11.8 Å². The number of hydrogen-bond acceptors (Lipinski definition) is 6. The molecule has 0 atom stereocenters. The van der Waals surface area contributed by atoms with Gasteiger partial charge >= 0.3 is 10.1 Å². The number of pyridine rings is 1. The van der Waals surface area contributed by atoms with Crippen LogP contribution in [0.2, 0.25) is 0 Å². The second kappa shape index (κ2) is 7.32. The molecule has 2 aromatic carbocycles. The molecule has 0 fully saturated rings. The van der Waals surface area contributed by atoms with E-state index in [2.05, 4.69) is 20.9 Å². The predicted molar refractivity (Wildman–Crippen MR) is 99.6 cm³/mol. The molecule has 0 saturated carbocycles. The zero-order chi connectivity index (χ0) is 18.7. The van der Waals surface area contributed by atoms with Crippen molar-refractivity contribution in [1.29, 1.82) is 5.26 Å². The van der Waals surface area contributed by atoms with Crippen LogP contribution in [0.1, 0.15) is 12.5 Å². The second-order valence-electron chi connectivity index (χ2n) is 5.20. The number of aromatic nitrogens is 1. The molecule has 0 amide bonds. The molecule has 0 unspecified atom stereocenters. The molecule has 132 valence electrons. The highest BCUT2D eigenvalue weighted by Crippen LogP contribution is 2.39. The number of halogens is 1. The summed E-state index contributed by atoms with van der Waals surface area (Å²) in [5.41, 5.74) is 0.634. The number of fused-ring (bicyclic) bond motifs is 1. The monoisotopic (exact) mass is 432 g/mol. The Morgan fingerprint density at radius 2 is 2.00 bits per heavy atom. The van der Waals surface area contributed by atoms with E-state index in [1.807, 2.05) is 6.07 Å². The van der Waals surface area contributed by atoms with Crippen LogP contribution in [0.4, 0.5) is 0 Å². The minimum atomic E-state index is -4.18. The van der Waals surface area contributed by atoms with Crippen molar-refractivity contribution < 1.29 is 17.3 Å². The molecule has 0 aliphatic heterocycles. The summed E-state index contributed by atoms with van der Waals surface area (Å²) >= 11 is 3.25. The van der Waals surface area contributed by atoms with Gasteiger partial charge in [0.25, 0.3) is 0 Å². The first-order chi connectivity index (χ1) is 12.5. The van der Waals surface area contributed by atoms with Crippen LogP contribution in [0.15, 0.2) is 58.0 Å². The lowest BCUT2D eigenvalue weighted by atomic mass is 10.2. The zero-order valence-electron chi connectivity index (χ0n) is 13.6. The molecule has 0 saturated heterocycles. The number of para-hydroxylation sites is 1. The van der Waals surface area contributed by atoms with Gasteiger partial charge in [0.05, 0.1) is 28.2 Å². The van der Waals surface area contributed by atoms with Crippen LogP contribution in [0.25, 0.3) is 10.9 Å². The van der Waals surface area contributed by atoms with E-state index in [4.69, 9.17) is 14.2 Å². The van der Waals surface area contributed by atoms with Crippen molar-refractivity contribution in [2.24, 2.45) is 0 Å². The molecule has 1 aromatic heterocycles. The molecule has 6 nitrogen and oxygen atoms in total. The van der Waals surface area contributed by atoms with Gasteiger partial charge in [-0.15, -0.1) is 0 Å². The number of hydrogen-bond donors (Lipinski definition) is 0. The average Bonchev–Trinajstić information content (AvgIpc) is 2.64. The molecule has 0 aliphatic rings. The molecule has 0 spiro atoms. The van der Waals surface area contributed by atoms with Gasteiger partial charge in [-0.05, 0) is 41.1 Å². The van der Waals surface area contributed by atoms with Crippen LogP contribution in [-0.2, 0) is 10.1 Å². The van der Waals surface area contributed by atoms with E-state index in [-0.39, 0.29) is 23.0 Å². The van der Waals surface area contributed by atoms with E-state index in [1.54, 1.807) is 31.2 Å². The SMILES string of the molecule is CCOc1cc(C#N)cc(Br)c1OS(=O)(=O)c1cccc2cccnc12. The largest absolute Gasteiger partial charge is 0.490 e. The lowest BCUT2D eigenvalue weighted by Gasteiger charge is -2.14. The van der Waals surface area contributed by atoms with Gasteiger partial charge in [-0.3, -0.25) is 4.98 Å².